The maximum absolute atomic E-state index is 11.4. The van der Waals surface area contributed by atoms with Crippen LogP contribution in [0, 0.1) is 0 Å². The van der Waals surface area contributed by atoms with E-state index < -0.39 is 9.84 Å². The van der Waals surface area contributed by atoms with E-state index in [1.54, 1.807) is 24.3 Å². The molecule has 0 N–H and O–H groups in total. The summed E-state index contributed by atoms with van der Waals surface area (Å²) in [5.41, 5.74) is 1.22. The molecule has 0 aliphatic rings. The first kappa shape index (κ1) is 11.3. The number of halogens is 1. The topological polar surface area (TPSA) is 34.1 Å². The van der Waals surface area contributed by atoms with Crippen molar-refractivity contribution in [3.05, 3.63) is 36.4 Å². The molecule has 1 aromatic rings. The zero-order valence-corrected chi connectivity index (χ0v) is 9.40. The molecular weight excluding hydrogens is 220 g/mol. The van der Waals surface area contributed by atoms with E-state index in [1.807, 2.05) is 0 Å². The Morgan fingerprint density at radius 1 is 1.43 bits per heavy atom. The molecule has 1 aromatic carbocycles. The molecular formula is C10H11ClO2S. The maximum atomic E-state index is 11.4. The number of hydrogen-bond donors (Lipinski definition) is 0. The lowest BCUT2D eigenvalue weighted by molar-refractivity contribution is 0.601. The molecule has 0 saturated carbocycles. The lowest BCUT2D eigenvalue weighted by Gasteiger charge is -2.07. The Balaban J connectivity index is 3.38. The van der Waals surface area contributed by atoms with Crippen LogP contribution in [0.1, 0.15) is 5.56 Å². The van der Waals surface area contributed by atoms with Crippen LogP contribution in [0.3, 0.4) is 0 Å². The van der Waals surface area contributed by atoms with Crippen molar-refractivity contribution in [3.8, 4) is 0 Å². The summed E-state index contributed by atoms with van der Waals surface area (Å²) in [6, 6.07) is 6.71. The van der Waals surface area contributed by atoms with Crippen molar-refractivity contribution in [2.75, 3.05) is 12.1 Å². The van der Waals surface area contributed by atoms with Gasteiger partial charge >= 0.3 is 0 Å². The predicted molar refractivity (Wildman–Crippen MR) is 59.3 cm³/mol. The van der Waals surface area contributed by atoms with Crippen LogP contribution in [-0.4, -0.2) is 20.6 Å². The number of allylic oxidation sites excluding steroid dienone is 1. The first-order valence-electron chi connectivity index (χ1n) is 4.00. The predicted octanol–water partition coefficient (Wildman–Crippen LogP) is 2.34. The van der Waals surface area contributed by atoms with E-state index in [0.29, 0.717) is 11.1 Å². The third kappa shape index (κ3) is 2.36. The van der Waals surface area contributed by atoms with Gasteiger partial charge in [-0.1, -0.05) is 24.8 Å². The van der Waals surface area contributed by atoms with E-state index in [-0.39, 0.29) is 10.8 Å². The fourth-order valence-electron chi connectivity index (χ4n) is 1.15. The summed E-state index contributed by atoms with van der Waals surface area (Å²) in [5, 5.41) is 0. The summed E-state index contributed by atoms with van der Waals surface area (Å²) < 4.78 is 22.8. The number of benzene rings is 1. The molecule has 0 aromatic heterocycles. The molecule has 0 heterocycles. The highest BCUT2D eigenvalue weighted by atomic mass is 35.5. The van der Waals surface area contributed by atoms with Crippen LogP contribution in [0.4, 0.5) is 0 Å². The van der Waals surface area contributed by atoms with Crippen LogP contribution in [0.15, 0.2) is 35.7 Å². The normalized spacial score (nSPS) is 11.3. The molecule has 0 fully saturated rings. The highest BCUT2D eigenvalue weighted by Gasteiger charge is 2.13. The molecule has 0 radical (unpaired) electrons. The minimum absolute atomic E-state index is 0.229. The van der Waals surface area contributed by atoms with Crippen LogP contribution in [0.5, 0.6) is 0 Å². The number of hydrogen-bond acceptors (Lipinski definition) is 2. The van der Waals surface area contributed by atoms with Gasteiger partial charge in [0, 0.05) is 12.1 Å². The molecule has 0 saturated heterocycles. The fraction of sp³-hybridized carbons (Fsp3) is 0.200. The fourth-order valence-corrected chi connectivity index (χ4v) is 2.24. The number of alkyl halides is 1. The van der Waals surface area contributed by atoms with Gasteiger partial charge in [0.2, 0.25) is 0 Å². The summed E-state index contributed by atoms with van der Waals surface area (Å²) in [6.07, 6.45) is 1.17. The summed E-state index contributed by atoms with van der Waals surface area (Å²) in [7, 11) is -3.21. The van der Waals surface area contributed by atoms with Crippen LogP contribution in [-0.2, 0) is 9.84 Å². The van der Waals surface area contributed by atoms with Gasteiger partial charge < -0.3 is 0 Å². The largest absolute Gasteiger partial charge is 0.224 e. The minimum atomic E-state index is -3.21. The number of sulfone groups is 1. The van der Waals surface area contributed by atoms with Gasteiger partial charge in [0.25, 0.3) is 0 Å². The lowest BCUT2D eigenvalue weighted by Crippen LogP contribution is -2.01. The molecule has 0 bridgehead atoms. The van der Waals surface area contributed by atoms with Crippen molar-refractivity contribution < 1.29 is 8.42 Å². The molecule has 0 atom stereocenters. The maximum Gasteiger partial charge on any atom is 0.176 e. The molecule has 0 unspecified atom stereocenters. The number of rotatable bonds is 3. The van der Waals surface area contributed by atoms with Crippen molar-refractivity contribution in [2.24, 2.45) is 0 Å². The van der Waals surface area contributed by atoms with E-state index in [2.05, 4.69) is 6.58 Å². The van der Waals surface area contributed by atoms with E-state index in [4.69, 9.17) is 11.6 Å². The third-order valence-corrected chi connectivity index (χ3v) is 3.31. The quantitative estimate of drug-likeness (QED) is 0.747. The molecule has 1 rings (SSSR count). The smallest absolute Gasteiger partial charge is 0.176 e. The van der Waals surface area contributed by atoms with Crippen molar-refractivity contribution in [1.82, 2.24) is 0 Å². The minimum Gasteiger partial charge on any atom is -0.224 e. The second-order valence-corrected chi connectivity index (χ2v) is 5.26. The van der Waals surface area contributed by atoms with Gasteiger partial charge in [-0.3, -0.25) is 0 Å². The summed E-state index contributed by atoms with van der Waals surface area (Å²) in [4.78, 5) is 0.283. The van der Waals surface area contributed by atoms with Gasteiger partial charge in [-0.25, -0.2) is 8.42 Å². The van der Waals surface area contributed by atoms with Gasteiger partial charge in [0.05, 0.1) is 4.90 Å². The Bertz CT molecular complexity index is 449. The highest BCUT2D eigenvalue weighted by molar-refractivity contribution is 7.90. The molecule has 4 heteroatoms. The Morgan fingerprint density at radius 2 is 2.00 bits per heavy atom. The van der Waals surface area contributed by atoms with Gasteiger partial charge in [-0.05, 0) is 17.2 Å². The standard InChI is InChI=1S/C10H11ClO2S/c1-8(7-11)9-5-3-4-6-10(9)14(2,12)13/h3-6H,1,7H2,2H3. The Hall–Kier alpha value is -0.800. The molecule has 14 heavy (non-hydrogen) atoms. The molecule has 0 aliphatic heterocycles. The van der Waals surface area contributed by atoms with Crippen LogP contribution < -0.4 is 0 Å². The van der Waals surface area contributed by atoms with Gasteiger partial charge in [-0.15, -0.1) is 11.6 Å². The first-order valence-corrected chi connectivity index (χ1v) is 6.42. The SMILES string of the molecule is C=C(CCl)c1ccccc1S(C)(=O)=O. The summed E-state index contributed by atoms with van der Waals surface area (Å²) >= 11 is 5.61. The van der Waals surface area contributed by atoms with Crippen molar-refractivity contribution in [3.63, 3.8) is 0 Å². The van der Waals surface area contributed by atoms with Crippen LogP contribution in [0.2, 0.25) is 0 Å². The van der Waals surface area contributed by atoms with E-state index in [9.17, 15) is 8.42 Å². The van der Waals surface area contributed by atoms with Crippen molar-refractivity contribution in [2.45, 2.75) is 4.90 Å². The average Bonchev–Trinajstić information content (AvgIpc) is 2.15. The zero-order chi connectivity index (χ0) is 10.8. The summed E-state index contributed by atoms with van der Waals surface area (Å²) in [5.74, 6) is 0.229. The zero-order valence-electron chi connectivity index (χ0n) is 7.83. The second kappa shape index (κ2) is 4.15. The van der Waals surface area contributed by atoms with Crippen molar-refractivity contribution >= 4 is 27.0 Å². The van der Waals surface area contributed by atoms with E-state index >= 15 is 0 Å². The van der Waals surface area contributed by atoms with Crippen LogP contribution in [0.25, 0.3) is 5.57 Å². The Kier molecular flexibility index (Phi) is 3.34. The molecule has 0 spiro atoms. The second-order valence-electron chi connectivity index (χ2n) is 3.01. The third-order valence-electron chi connectivity index (χ3n) is 1.83. The van der Waals surface area contributed by atoms with Gasteiger partial charge in [-0.2, -0.15) is 0 Å². The molecule has 0 aliphatic carbocycles. The monoisotopic (exact) mass is 230 g/mol. The Morgan fingerprint density at radius 3 is 2.50 bits per heavy atom. The Labute approximate surface area is 89.1 Å². The van der Waals surface area contributed by atoms with Crippen LogP contribution >= 0.6 is 11.6 Å². The summed E-state index contributed by atoms with van der Waals surface area (Å²) in [6.45, 7) is 3.72. The highest BCUT2D eigenvalue weighted by Crippen LogP contribution is 2.22. The van der Waals surface area contributed by atoms with Gasteiger partial charge in [0.1, 0.15) is 0 Å². The van der Waals surface area contributed by atoms with E-state index in [1.165, 1.54) is 6.26 Å². The first-order chi connectivity index (χ1) is 6.46. The lowest BCUT2D eigenvalue weighted by atomic mass is 10.1. The average molecular weight is 231 g/mol. The molecule has 2 nitrogen and oxygen atoms in total. The van der Waals surface area contributed by atoms with Crippen molar-refractivity contribution in [1.29, 1.82) is 0 Å². The molecule has 0 amide bonds. The van der Waals surface area contributed by atoms with Gasteiger partial charge in [0.15, 0.2) is 9.84 Å². The molecule has 76 valence electrons. The van der Waals surface area contributed by atoms with E-state index in [0.717, 1.165) is 0 Å².